The molecule has 4 aromatic rings. The molecular formula is C36H39FN8O3S2. The Balaban J connectivity index is 1.28. The number of carbonyl (C=O) groups is 1. The van der Waals surface area contributed by atoms with E-state index >= 15 is 0 Å². The number of unbranched alkanes of at least 4 members (excludes halogenated alkanes) is 2. The highest BCUT2D eigenvalue weighted by Gasteiger charge is 2.23. The fourth-order valence-corrected chi connectivity index (χ4v) is 6.86. The van der Waals surface area contributed by atoms with Crippen molar-refractivity contribution in [3.8, 4) is 17.6 Å². The van der Waals surface area contributed by atoms with Gasteiger partial charge in [0.15, 0.2) is 39.2 Å². The number of halogens is 1. The zero-order chi connectivity index (χ0) is 35.5. The Morgan fingerprint density at radius 1 is 1.08 bits per heavy atom. The van der Waals surface area contributed by atoms with Crippen molar-refractivity contribution in [2.45, 2.75) is 39.0 Å². The summed E-state index contributed by atoms with van der Waals surface area (Å²) in [6.45, 7) is 4.21. The van der Waals surface area contributed by atoms with Gasteiger partial charge in [-0.3, -0.25) is 4.90 Å². The molecule has 0 unspecified atom stereocenters. The molecule has 11 nitrogen and oxygen atoms in total. The summed E-state index contributed by atoms with van der Waals surface area (Å²) in [4.78, 5) is 26.9. The Bertz CT molecular complexity index is 1950. The summed E-state index contributed by atoms with van der Waals surface area (Å²) < 4.78 is 20.4. The average Bonchev–Trinajstić information content (AvgIpc) is 3.70. The maximum Gasteiger partial charge on any atom is 0.355 e. The largest absolute Gasteiger partial charge is 0.491 e. The number of ether oxygens (including phenoxy) is 1. The minimum absolute atomic E-state index is 0.00897. The SMILES string of the molecule is CNCCCCCN(c1cc(C)c(Nc2nc3c(s2)C=C=C=C3)nn1)c1nc(C(=O)O)c(CCCOc2ccc(C#CCN(C)C)cc2F)s1. The third-order valence-corrected chi connectivity index (χ3v) is 9.52. The van der Waals surface area contributed by atoms with Crippen LogP contribution >= 0.6 is 22.7 Å². The van der Waals surface area contributed by atoms with E-state index in [0.717, 1.165) is 41.9 Å². The Morgan fingerprint density at radius 3 is 2.66 bits per heavy atom. The van der Waals surface area contributed by atoms with Crippen LogP contribution in [-0.4, -0.2) is 83.5 Å². The topological polar surface area (TPSA) is 129 Å². The van der Waals surface area contributed by atoms with Gasteiger partial charge >= 0.3 is 5.97 Å². The number of carboxylic acid groups (broad SMARTS) is 1. The van der Waals surface area contributed by atoms with Gasteiger partial charge in [0.1, 0.15) is 0 Å². The fourth-order valence-electron chi connectivity index (χ4n) is 4.91. The minimum Gasteiger partial charge on any atom is -0.491 e. The van der Waals surface area contributed by atoms with Gasteiger partial charge in [0.05, 0.1) is 23.7 Å². The number of rotatable bonds is 17. The van der Waals surface area contributed by atoms with E-state index < -0.39 is 11.8 Å². The second kappa shape index (κ2) is 17.7. The molecule has 14 heteroatoms. The maximum absolute atomic E-state index is 14.7. The molecule has 0 atom stereocenters. The van der Waals surface area contributed by atoms with Crippen LogP contribution in [0.5, 0.6) is 5.75 Å². The van der Waals surface area contributed by atoms with Gasteiger partial charge in [0.2, 0.25) is 0 Å². The number of benzene rings is 1. The van der Waals surface area contributed by atoms with Crippen LogP contribution < -0.4 is 20.3 Å². The van der Waals surface area contributed by atoms with E-state index in [1.54, 1.807) is 18.2 Å². The lowest BCUT2D eigenvalue weighted by Gasteiger charge is -2.21. The molecule has 1 aliphatic rings. The molecule has 0 radical (unpaired) electrons. The summed E-state index contributed by atoms with van der Waals surface area (Å²) in [7, 11) is 5.76. The Labute approximate surface area is 299 Å². The van der Waals surface area contributed by atoms with E-state index in [0.29, 0.717) is 58.3 Å². The molecule has 0 aliphatic heterocycles. The molecule has 5 rings (SSSR count). The number of nitrogens with one attached hydrogen (secondary N) is 2. The monoisotopic (exact) mass is 714 g/mol. The van der Waals surface area contributed by atoms with E-state index in [4.69, 9.17) is 4.74 Å². The Morgan fingerprint density at radius 2 is 1.92 bits per heavy atom. The summed E-state index contributed by atoms with van der Waals surface area (Å²) in [6.07, 6.45) is 7.32. The van der Waals surface area contributed by atoms with Crippen LogP contribution in [0.1, 0.15) is 62.7 Å². The number of hydrogen-bond donors (Lipinski definition) is 3. The predicted octanol–water partition coefficient (Wildman–Crippen LogP) is 6.53. The van der Waals surface area contributed by atoms with E-state index in [1.165, 1.54) is 28.7 Å². The number of aromatic carboxylic acids is 1. The zero-order valence-electron chi connectivity index (χ0n) is 28.5. The Hall–Kier alpha value is -4.86. The van der Waals surface area contributed by atoms with Crippen LogP contribution in [0.3, 0.4) is 0 Å². The van der Waals surface area contributed by atoms with Crippen LogP contribution in [0, 0.1) is 24.6 Å². The smallest absolute Gasteiger partial charge is 0.355 e. The van der Waals surface area contributed by atoms with Crippen LogP contribution in [0.4, 0.5) is 26.3 Å². The number of nitrogens with zero attached hydrogens (tertiary/aromatic N) is 6. The van der Waals surface area contributed by atoms with Gasteiger partial charge in [-0.05, 0) is 90.1 Å². The highest BCUT2D eigenvalue weighted by atomic mass is 32.1. The quantitative estimate of drug-likeness (QED) is 0.0553. The Kier molecular flexibility index (Phi) is 12.9. The molecule has 1 aromatic carbocycles. The summed E-state index contributed by atoms with van der Waals surface area (Å²) in [5, 5.41) is 26.7. The zero-order valence-corrected chi connectivity index (χ0v) is 30.1. The number of aromatic nitrogens is 4. The van der Waals surface area contributed by atoms with Gasteiger partial charge in [0, 0.05) is 29.1 Å². The first-order valence-electron chi connectivity index (χ1n) is 16.2. The molecule has 0 saturated heterocycles. The van der Waals surface area contributed by atoms with Gasteiger partial charge < -0.3 is 25.4 Å². The van der Waals surface area contributed by atoms with Crippen molar-refractivity contribution in [3.63, 3.8) is 0 Å². The second-order valence-corrected chi connectivity index (χ2v) is 13.8. The van der Waals surface area contributed by atoms with Gasteiger partial charge in [-0.15, -0.1) is 21.5 Å². The highest BCUT2D eigenvalue weighted by Crippen LogP contribution is 2.34. The number of anilines is 4. The van der Waals surface area contributed by atoms with Crippen LogP contribution in [0.25, 0.3) is 12.2 Å². The van der Waals surface area contributed by atoms with Gasteiger partial charge in [0.25, 0.3) is 0 Å². The van der Waals surface area contributed by atoms with Crippen molar-refractivity contribution in [1.82, 2.24) is 30.4 Å². The number of hydrogen-bond acceptors (Lipinski definition) is 12. The third-order valence-electron chi connectivity index (χ3n) is 7.44. The molecule has 50 heavy (non-hydrogen) atoms. The van der Waals surface area contributed by atoms with Crippen LogP contribution in [-0.2, 0) is 6.42 Å². The number of carboxylic acids is 1. The molecule has 260 valence electrons. The van der Waals surface area contributed by atoms with Crippen molar-refractivity contribution in [1.29, 1.82) is 0 Å². The van der Waals surface area contributed by atoms with E-state index in [2.05, 4.69) is 54.1 Å². The molecule has 0 amide bonds. The molecule has 3 N–H and O–H groups in total. The van der Waals surface area contributed by atoms with Crippen molar-refractivity contribution in [2.24, 2.45) is 0 Å². The highest BCUT2D eigenvalue weighted by molar-refractivity contribution is 7.16. The predicted molar refractivity (Wildman–Crippen MR) is 198 cm³/mol. The normalized spacial score (nSPS) is 11.4. The molecule has 0 bridgehead atoms. The number of thiazole rings is 2. The number of aryl methyl sites for hydroxylation is 2. The van der Waals surface area contributed by atoms with Crippen molar-refractivity contribution < 1.29 is 19.0 Å². The third kappa shape index (κ3) is 9.86. The first-order valence-corrected chi connectivity index (χ1v) is 17.9. The van der Waals surface area contributed by atoms with Crippen molar-refractivity contribution >= 4 is 62.7 Å². The summed E-state index contributed by atoms with van der Waals surface area (Å²) in [5.41, 5.74) is 8.10. The molecule has 0 spiro atoms. The molecule has 0 fully saturated rings. The van der Waals surface area contributed by atoms with Gasteiger partial charge in [-0.1, -0.05) is 41.1 Å². The minimum atomic E-state index is -1.11. The number of fused-ring (bicyclic) bond motifs is 1. The van der Waals surface area contributed by atoms with E-state index in [-0.39, 0.29) is 18.1 Å². The molecular weight excluding hydrogens is 676 g/mol. The van der Waals surface area contributed by atoms with Crippen molar-refractivity contribution in [3.05, 3.63) is 73.8 Å². The first kappa shape index (κ1) is 36.4. The molecule has 3 heterocycles. The lowest BCUT2D eigenvalue weighted by atomic mass is 10.2. The van der Waals surface area contributed by atoms with E-state index in [1.807, 2.05) is 50.0 Å². The summed E-state index contributed by atoms with van der Waals surface area (Å²) >= 11 is 2.80. The molecule has 1 aliphatic carbocycles. The van der Waals surface area contributed by atoms with Gasteiger partial charge in [-0.25, -0.2) is 19.2 Å². The average molecular weight is 715 g/mol. The standard InChI is InChI=1S/C36H39FN8O3S2/c1-24-22-31(42-43-33(24)41-35-39-27-13-6-7-14-29(27)49-35)45(20-9-5-8-18-38-2)36-40-32(34(46)47)30(50-36)15-11-21-48-28-17-16-25(23-26(28)37)12-10-19-44(3)4/h13-14,16-17,22-23,38H,5,8-9,11,15,18-21H2,1-4H3,(H,46,47)(H,39,41,43). The lowest BCUT2D eigenvalue weighted by molar-refractivity contribution is 0.0690. The lowest BCUT2D eigenvalue weighted by Crippen LogP contribution is -2.21. The van der Waals surface area contributed by atoms with Crippen LogP contribution in [0.2, 0.25) is 0 Å². The molecule has 3 aromatic heterocycles. The maximum atomic E-state index is 14.7. The van der Waals surface area contributed by atoms with E-state index in [9.17, 15) is 14.3 Å². The second-order valence-electron chi connectivity index (χ2n) is 11.7. The fraction of sp³-hybridized carbons (Fsp3) is 0.361. The first-order chi connectivity index (χ1) is 24.2. The molecule has 0 saturated carbocycles. The van der Waals surface area contributed by atoms with Crippen molar-refractivity contribution in [2.75, 3.05) is 57.6 Å². The summed E-state index contributed by atoms with van der Waals surface area (Å²) in [5.74, 6) is 5.60. The van der Waals surface area contributed by atoms with Gasteiger partial charge in [-0.2, -0.15) is 0 Å². The van der Waals surface area contributed by atoms with Crippen LogP contribution in [0.15, 0.2) is 35.7 Å². The summed E-state index contributed by atoms with van der Waals surface area (Å²) in [6, 6.07) is 6.56.